The highest BCUT2D eigenvalue weighted by Gasteiger charge is 2.36. The van der Waals surface area contributed by atoms with Gasteiger partial charge in [0, 0.05) is 24.7 Å². The van der Waals surface area contributed by atoms with Crippen LogP contribution in [0.15, 0.2) is 34.7 Å². The van der Waals surface area contributed by atoms with Crippen molar-refractivity contribution in [1.29, 1.82) is 0 Å². The van der Waals surface area contributed by atoms with Crippen molar-refractivity contribution in [1.82, 2.24) is 14.9 Å². The molecule has 2 aromatic heterocycles. The number of hydrogen-bond donors (Lipinski definition) is 1. The van der Waals surface area contributed by atoms with Gasteiger partial charge in [-0.1, -0.05) is 0 Å². The van der Waals surface area contributed by atoms with Crippen LogP contribution in [0.5, 0.6) is 0 Å². The maximum atomic E-state index is 13.0. The van der Waals surface area contributed by atoms with Gasteiger partial charge in [0.05, 0.1) is 28.3 Å². The molecule has 0 saturated carbocycles. The lowest BCUT2D eigenvalue weighted by atomic mass is 10.0. The average Bonchev–Trinajstić information content (AvgIpc) is 3.20. The summed E-state index contributed by atoms with van der Waals surface area (Å²) in [5.41, 5.74) is 10.2. The third-order valence-electron chi connectivity index (χ3n) is 5.10. The van der Waals surface area contributed by atoms with E-state index < -0.39 is 0 Å². The van der Waals surface area contributed by atoms with Crippen molar-refractivity contribution < 1.29 is 9.21 Å². The molecule has 0 aliphatic carbocycles. The van der Waals surface area contributed by atoms with Crippen molar-refractivity contribution in [3.63, 3.8) is 0 Å². The van der Waals surface area contributed by atoms with E-state index in [0.717, 1.165) is 33.9 Å². The standard InChI is InChI=1S/C20H22N4O2/c1-11-4-7-19(26-11)15-9-24(10-16(15)21)20(25)14-5-6-17-18(8-14)23-13(3)12(2)22-17/h4-8,15-16H,9-10,21H2,1-3H3/t15-,16-/m1/s1. The molecule has 6 nitrogen and oxygen atoms in total. The molecule has 26 heavy (non-hydrogen) atoms. The Hall–Kier alpha value is -2.73. The lowest BCUT2D eigenvalue weighted by Gasteiger charge is -2.16. The monoisotopic (exact) mass is 350 g/mol. The van der Waals surface area contributed by atoms with Gasteiger partial charge >= 0.3 is 0 Å². The zero-order valence-corrected chi connectivity index (χ0v) is 15.2. The normalized spacial score (nSPS) is 20.1. The van der Waals surface area contributed by atoms with Gasteiger partial charge in [0.15, 0.2) is 0 Å². The molecule has 4 rings (SSSR count). The van der Waals surface area contributed by atoms with E-state index in [0.29, 0.717) is 18.7 Å². The number of hydrogen-bond acceptors (Lipinski definition) is 5. The van der Waals surface area contributed by atoms with Gasteiger partial charge in [0.2, 0.25) is 0 Å². The van der Waals surface area contributed by atoms with Gasteiger partial charge in [-0.25, -0.2) is 9.97 Å². The fraction of sp³-hybridized carbons (Fsp3) is 0.350. The van der Waals surface area contributed by atoms with Crippen LogP contribution in [-0.2, 0) is 0 Å². The van der Waals surface area contributed by atoms with E-state index in [9.17, 15) is 4.79 Å². The Morgan fingerprint density at radius 2 is 1.81 bits per heavy atom. The van der Waals surface area contributed by atoms with Crippen LogP contribution in [0.3, 0.4) is 0 Å². The van der Waals surface area contributed by atoms with Crippen LogP contribution in [0.1, 0.15) is 39.2 Å². The van der Waals surface area contributed by atoms with Crippen LogP contribution in [0, 0.1) is 20.8 Å². The van der Waals surface area contributed by atoms with Gasteiger partial charge in [-0.3, -0.25) is 4.79 Å². The predicted molar refractivity (Wildman–Crippen MR) is 99.1 cm³/mol. The van der Waals surface area contributed by atoms with Gasteiger partial charge in [-0.2, -0.15) is 0 Å². The number of nitrogens with two attached hydrogens (primary N) is 1. The van der Waals surface area contributed by atoms with Gasteiger partial charge in [-0.15, -0.1) is 0 Å². The molecule has 0 spiro atoms. The van der Waals surface area contributed by atoms with Crippen molar-refractivity contribution in [3.8, 4) is 0 Å². The maximum absolute atomic E-state index is 13.0. The van der Waals surface area contributed by atoms with Crippen LogP contribution in [-0.4, -0.2) is 39.9 Å². The fourth-order valence-corrected chi connectivity index (χ4v) is 3.49. The topological polar surface area (TPSA) is 85.2 Å². The zero-order chi connectivity index (χ0) is 18.4. The van der Waals surface area contributed by atoms with Crippen molar-refractivity contribution in [2.45, 2.75) is 32.7 Å². The molecule has 3 heterocycles. The molecule has 3 aromatic rings. The molecule has 1 fully saturated rings. The summed E-state index contributed by atoms with van der Waals surface area (Å²) in [7, 11) is 0. The summed E-state index contributed by atoms with van der Waals surface area (Å²) >= 11 is 0. The second kappa shape index (κ2) is 6.21. The summed E-state index contributed by atoms with van der Waals surface area (Å²) in [6.45, 7) is 6.84. The first kappa shape index (κ1) is 16.7. The highest BCUT2D eigenvalue weighted by atomic mass is 16.3. The Bertz CT molecular complexity index is 995. The number of amides is 1. The number of nitrogens with zero attached hydrogens (tertiary/aromatic N) is 3. The molecule has 0 bridgehead atoms. The number of carbonyl (C=O) groups excluding carboxylic acids is 1. The van der Waals surface area contributed by atoms with Gasteiger partial charge < -0.3 is 15.1 Å². The molecule has 1 amide bonds. The van der Waals surface area contributed by atoms with Crippen molar-refractivity contribution in [2.75, 3.05) is 13.1 Å². The first-order valence-corrected chi connectivity index (χ1v) is 8.78. The van der Waals surface area contributed by atoms with E-state index in [4.69, 9.17) is 10.2 Å². The summed E-state index contributed by atoms with van der Waals surface area (Å²) in [5, 5.41) is 0. The van der Waals surface area contributed by atoms with E-state index in [2.05, 4.69) is 9.97 Å². The predicted octanol–water partition coefficient (Wildman–Crippen LogP) is 2.71. The first-order chi connectivity index (χ1) is 12.4. The van der Waals surface area contributed by atoms with E-state index in [1.807, 2.05) is 51.1 Å². The van der Waals surface area contributed by atoms with Gasteiger partial charge in [0.1, 0.15) is 11.5 Å². The van der Waals surface area contributed by atoms with E-state index in [1.54, 1.807) is 4.90 Å². The molecular formula is C20H22N4O2. The molecule has 2 atom stereocenters. The molecular weight excluding hydrogens is 328 g/mol. The Labute approximate surface area is 152 Å². The summed E-state index contributed by atoms with van der Waals surface area (Å²) in [6.07, 6.45) is 0. The number of carbonyl (C=O) groups is 1. The van der Waals surface area contributed by atoms with Crippen LogP contribution in [0.25, 0.3) is 11.0 Å². The minimum Gasteiger partial charge on any atom is -0.466 e. The molecule has 6 heteroatoms. The molecule has 2 N–H and O–H groups in total. The minimum atomic E-state index is -0.130. The Balaban J connectivity index is 1.59. The number of fused-ring (bicyclic) bond motifs is 1. The smallest absolute Gasteiger partial charge is 0.254 e. The Morgan fingerprint density at radius 1 is 1.08 bits per heavy atom. The third-order valence-corrected chi connectivity index (χ3v) is 5.10. The second-order valence-corrected chi connectivity index (χ2v) is 7.03. The highest BCUT2D eigenvalue weighted by Crippen LogP contribution is 2.29. The number of aryl methyl sites for hydroxylation is 3. The van der Waals surface area contributed by atoms with Crippen LogP contribution in [0.4, 0.5) is 0 Å². The molecule has 1 aliphatic rings. The SMILES string of the molecule is Cc1ccc([C@@H]2CN(C(=O)c3ccc4nc(C)c(C)nc4c3)C[C@H]2N)o1. The number of likely N-dealkylation sites (tertiary alicyclic amines) is 1. The lowest BCUT2D eigenvalue weighted by molar-refractivity contribution is 0.0788. The van der Waals surface area contributed by atoms with Crippen LogP contribution < -0.4 is 5.73 Å². The number of rotatable bonds is 2. The summed E-state index contributed by atoms with van der Waals surface area (Å²) in [5.74, 6) is 1.70. The maximum Gasteiger partial charge on any atom is 0.254 e. The third kappa shape index (κ3) is 2.86. The summed E-state index contributed by atoms with van der Waals surface area (Å²) < 4.78 is 5.72. The largest absolute Gasteiger partial charge is 0.466 e. The Kier molecular flexibility index (Phi) is 4.00. The van der Waals surface area contributed by atoms with Gasteiger partial charge in [0.25, 0.3) is 5.91 Å². The van der Waals surface area contributed by atoms with Crippen molar-refractivity contribution in [3.05, 3.63) is 58.8 Å². The Morgan fingerprint density at radius 3 is 2.50 bits per heavy atom. The quantitative estimate of drug-likeness (QED) is 0.768. The average molecular weight is 350 g/mol. The molecule has 0 radical (unpaired) electrons. The second-order valence-electron chi connectivity index (χ2n) is 7.03. The zero-order valence-electron chi connectivity index (χ0n) is 15.2. The van der Waals surface area contributed by atoms with E-state index in [1.165, 1.54) is 0 Å². The molecule has 134 valence electrons. The fourth-order valence-electron chi connectivity index (χ4n) is 3.49. The highest BCUT2D eigenvalue weighted by molar-refractivity contribution is 5.97. The van der Waals surface area contributed by atoms with Crippen LogP contribution >= 0.6 is 0 Å². The van der Waals surface area contributed by atoms with Gasteiger partial charge in [-0.05, 0) is 51.1 Å². The number of aromatic nitrogens is 2. The van der Waals surface area contributed by atoms with E-state index >= 15 is 0 Å². The van der Waals surface area contributed by atoms with Crippen LogP contribution in [0.2, 0.25) is 0 Å². The molecule has 0 unspecified atom stereocenters. The lowest BCUT2D eigenvalue weighted by Crippen LogP contribution is -2.32. The molecule has 1 saturated heterocycles. The summed E-state index contributed by atoms with van der Waals surface area (Å²) in [4.78, 5) is 23.8. The minimum absolute atomic E-state index is 0.0257. The van der Waals surface area contributed by atoms with E-state index in [-0.39, 0.29) is 17.9 Å². The molecule has 1 aliphatic heterocycles. The summed E-state index contributed by atoms with van der Waals surface area (Å²) in [6, 6.07) is 9.22. The molecule has 1 aromatic carbocycles. The first-order valence-electron chi connectivity index (χ1n) is 8.78. The van der Waals surface area contributed by atoms with Crippen molar-refractivity contribution >= 4 is 16.9 Å². The number of furan rings is 1. The number of benzene rings is 1. The van der Waals surface area contributed by atoms with Crippen molar-refractivity contribution in [2.24, 2.45) is 5.73 Å².